The van der Waals surface area contributed by atoms with Crippen LogP contribution in [0.1, 0.15) is 13.8 Å². The van der Waals surface area contributed by atoms with Crippen molar-refractivity contribution in [3.8, 4) is 0 Å². The van der Waals surface area contributed by atoms with Crippen LogP contribution in [0.3, 0.4) is 0 Å². The Morgan fingerprint density at radius 1 is 1.12 bits per heavy atom. The topological polar surface area (TPSA) is 44.3 Å². The Morgan fingerprint density at radius 2 is 1.71 bits per heavy atom. The molecule has 1 aromatic rings. The average molecular weight is 235 g/mol. The van der Waals surface area contributed by atoms with E-state index in [1.54, 1.807) is 0 Å². The second-order valence-corrected chi connectivity index (χ2v) is 4.85. The number of rotatable bonds is 3. The third-order valence-electron chi connectivity index (χ3n) is 2.92. The molecule has 0 atom stereocenters. The van der Waals surface area contributed by atoms with Crippen LogP contribution in [0.4, 0.5) is 11.6 Å². The third-order valence-corrected chi connectivity index (χ3v) is 2.92. The predicted octanol–water partition coefficient (Wildman–Crippen LogP) is 1.05. The van der Waals surface area contributed by atoms with Crippen LogP contribution in [0.2, 0.25) is 0 Å². The van der Waals surface area contributed by atoms with E-state index in [4.69, 9.17) is 0 Å². The Kier molecular flexibility index (Phi) is 3.78. The second kappa shape index (κ2) is 5.31. The van der Waals surface area contributed by atoms with E-state index in [2.05, 4.69) is 46.0 Å². The summed E-state index contributed by atoms with van der Waals surface area (Å²) >= 11 is 0. The zero-order chi connectivity index (χ0) is 12.3. The van der Waals surface area contributed by atoms with E-state index in [0.29, 0.717) is 12.0 Å². The fourth-order valence-electron chi connectivity index (χ4n) is 1.88. The van der Waals surface area contributed by atoms with Crippen molar-refractivity contribution in [2.75, 3.05) is 43.4 Å². The highest BCUT2D eigenvalue weighted by Gasteiger charge is 2.14. The zero-order valence-electron chi connectivity index (χ0n) is 10.8. The van der Waals surface area contributed by atoms with Gasteiger partial charge in [-0.2, -0.15) is 0 Å². The normalized spacial score (nSPS) is 17.5. The van der Waals surface area contributed by atoms with Crippen molar-refractivity contribution in [3.05, 3.63) is 12.4 Å². The van der Waals surface area contributed by atoms with Crippen LogP contribution in [0.15, 0.2) is 12.4 Å². The molecule has 0 aromatic carbocycles. The second-order valence-electron chi connectivity index (χ2n) is 4.85. The number of hydrogen-bond acceptors (Lipinski definition) is 5. The Morgan fingerprint density at radius 3 is 2.24 bits per heavy atom. The molecule has 1 saturated heterocycles. The summed E-state index contributed by atoms with van der Waals surface area (Å²) in [7, 11) is 2.16. The first-order valence-electron chi connectivity index (χ1n) is 6.17. The van der Waals surface area contributed by atoms with Gasteiger partial charge in [0.2, 0.25) is 5.95 Å². The minimum atomic E-state index is 0.365. The number of likely N-dealkylation sites (N-methyl/N-ethyl adjacent to an activating group) is 1. The molecule has 0 radical (unpaired) electrons. The summed E-state index contributed by atoms with van der Waals surface area (Å²) in [5.41, 5.74) is 1.12. The highest BCUT2D eigenvalue weighted by molar-refractivity contribution is 5.45. The molecule has 0 spiro atoms. The van der Waals surface area contributed by atoms with Crippen molar-refractivity contribution < 1.29 is 0 Å². The Hall–Kier alpha value is -1.36. The Bertz CT molecular complexity index is 340. The number of nitrogens with zero attached hydrogens (tertiary/aromatic N) is 4. The van der Waals surface area contributed by atoms with Crippen molar-refractivity contribution >= 4 is 11.6 Å². The zero-order valence-corrected chi connectivity index (χ0v) is 10.8. The third kappa shape index (κ3) is 3.30. The van der Waals surface area contributed by atoms with E-state index in [1.807, 2.05) is 12.4 Å². The smallest absolute Gasteiger partial charge is 0.222 e. The summed E-state index contributed by atoms with van der Waals surface area (Å²) in [6.45, 7) is 8.47. The largest absolute Gasteiger partial charge is 0.366 e. The van der Waals surface area contributed by atoms with Crippen molar-refractivity contribution in [2.24, 2.45) is 0 Å². The van der Waals surface area contributed by atoms with E-state index in [0.717, 1.165) is 31.9 Å². The highest BCUT2D eigenvalue weighted by atomic mass is 15.3. The number of nitrogens with one attached hydrogen (secondary N) is 1. The summed E-state index contributed by atoms with van der Waals surface area (Å²) in [5.74, 6) is 0.706. The maximum absolute atomic E-state index is 4.34. The Balaban J connectivity index is 1.97. The van der Waals surface area contributed by atoms with Crippen molar-refractivity contribution in [1.29, 1.82) is 0 Å². The monoisotopic (exact) mass is 235 g/mol. The van der Waals surface area contributed by atoms with Gasteiger partial charge < -0.3 is 15.1 Å². The minimum Gasteiger partial charge on any atom is -0.366 e. The molecule has 0 saturated carbocycles. The number of aromatic nitrogens is 2. The lowest BCUT2D eigenvalue weighted by Gasteiger charge is -2.33. The predicted molar refractivity (Wildman–Crippen MR) is 70.5 cm³/mol. The molecule has 2 rings (SSSR count). The van der Waals surface area contributed by atoms with Gasteiger partial charge in [0.05, 0.1) is 18.1 Å². The maximum Gasteiger partial charge on any atom is 0.222 e. The molecule has 2 heterocycles. The van der Waals surface area contributed by atoms with Crippen molar-refractivity contribution in [2.45, 2.75) is 19.9 Å². The van der Waals surface area contributed by atoms with Gasteiger partial charge in [-0.05, 0) is 20.9 Å². The van der Waals surface area contributed by atoms with Gasteiger partial charge in [-0.3, -0.25) is 0 Å². The SMILES string of the molecule is CC(C)Nc1ncc(N2CCN(C)CC2)cn1. The summed E-state index contributed by atoms with van der Waals surface area (Å²) in [6, 6.07) is 0.365. The number of piperazine rings is 1. The summed E-state index contributed by atoms with van der Waals surface area (Å²) in [6.07, 6.45) is 3.81. The van der Waals surface area contributed by atoms with Crippen molar-refractivity contribution in [3.63, 3.8) is 0 Å². The number of anilines is 2. The molecule has 1 aliphatic rings. The first-order valence-corrected chi connectivity index (χ1v) is 6.17. The van der Waals surface area contributed by atoms with Crippen molar-refractivity contribution in [1.82, 2.24) is 14.9 Å². The molecule has 1 fully saturated rings. The molecule has 0 unspecified atom stereocenters. The van der Waals surface area contributed by atoms with Crippen LogP contribution in [-0.2, 0) is 0 Å². The van der Waals surface area contributed by atoms with Gasteiger partial charge in [0.1, 0.15) is 0 Å². The molecule has 5 nitrogen and oxygen atoms in total. The standard InChI is InChI=1S/C12H21N5/c1-10(2)15-12-13-8-11(9-14-12)17-6-4-16(3)5-7-17/h8-10H,4-7H2,1-3H3,(H,13,14,15). The molecular weight excluding hydrogens is 214 g/mol. The molecule has 94 valence electrons. The van der Waals surface area contributed by atoms with E-state index < -0.39 is 0 Å². The van der Waals surface area contributed by atoms with Gasteiger partial charge in [-0.25, -0.2) is 9.97 Å². The Labute approximate surface area is 103 Å². The first kappa shape index (κ1) is 12.1. The molecule has 17 heavy (non-hydrogen) atoms. The molecule has 1 N–H and O–H groups in total. The van der Waals surface area contributed by atoms with Crippen LogP contribution < -0.4 is 10.2 Å². The summed E-state index contributed by atoms with van der Waals surface area (Å²) < 4.78 is 0. The van der Waals surface area contributed by atoms with E-state index in [9.17, 15) is 0 Å². The molecular formula is C12H21N5. The number of hydrogen-bond donors (Lipinski definition) is 1. The maximum atomic E-state index is 4.34. The van der Waals surface area contributed by atoms with Gasteiger partial charge in [0.15, 0.2) is 0 Å². The fourth-order valence-corrected chi connectivity index (χ4v) is 1.88. The highest BCUT2D eigenvalue weighted by Crippen LogP contribution is 2.14. The van der Waals surface area contributed by atoms with Gasteiger partial charge in [-0.15, -0.1) is 0 Å². The lowest BCUT2D eigenvalue weighted by Crippen LogP contribution is -2.44. The van der Waals surface area contributed by atoms with Crippen LogP contribution >= 0.6 is 0 Å². The summed E-state index contributed by atoms with van der Waals surface area (Å²) in [5, 5.41) is 3.19. The quantitative estimate of drug-likeness (QED) is 0.848. The molecule has 0 aliphatic carbocycles. The lowest BCUT2D eigenvalue weighted by atomic mass is 10.3. The van der Waals surface area contributed by atoms with Crippen LogP contribution in [0.5, 0.6) is 0 Å². The first-order chi connectivity index (χ1) is 8.15. The van der Waals surface area contributed by atoms with Gasteiger partial charge in [0.25, 0.3) is 0 Å². The summed E-state index contributed by atoms with van der Waals surface area (Å²) in [4.78, 5) is 13.3. The molecule has 5 heteroatoms. The molecule has 0 bridgehead atoms. The van der Waals surface area contributed by atoms with Crippen LogP contribution in [0, 0.1) is 0 Å². The van der Waals surface area contributed by atoms with Crippen LogP contribution in [0.25, 0.3) is 0 Å². The van der Waals surface area contributed by atoms with E-state index in [1.165, 1.54) is 0 Å². The van der Waals surface area contributed by atoms with Gasteiger partial charge >= 0.3 is 0 Å². The lowest BCUT2D eigenvalue weighted by molar-refractivity contribution is 0.312. The average Bonchev–Trinajstić information content (AvgIpc) is 2.30. The molecule has 1 aromatic heterocycles. The minimum absolute atomic E-state index is 0.365. The fraction of sp³-hybridized carbons (Fsp3) is 0.667. The van der Waals surface area contributed by atoms with E-state index in [-0.39, 0.29) is 0 Å². The van der Waals surface area contributed by atoms with E-state index >= 15 is 0 Å². The molecule has 0 amide bonds. The van der Waals surface area contributed by atoms with Gasteiger partial charge in [-0.1, -0.05) is 0 Å². The molecule has 1 aliphatic heterocycles. The van der Waals surface area contributed by atoms with Crippen LogP contribution in [-0.4, -0.2) is 54.1 Å². The van der Waals surface area contributed by atoms with Gasteiger partial charge in [0, 0.05) is 32.2 Å².